The number of rotatable bonds is 4. The highest BCUT2D eigenvalue weighted by atomic mass is 35.5. The van der Waals surface area contributed by atoms with Gasteiger partial charge in [-0.25, -0.2) is 13.4 Å². The maximum atomic E-state index is 13.7. The van der Waals surface area contributed by atoms with Crippen molar-refractivity contribution in [2.75, 3.05) is 18.0 Å². The third kappa shape index (κ3) is 3.92. The Balaban J connectivity index is 1.63. The van der Waals surface area contributed by atoms with Crippen molar-refractivity contribution in [1.29, 1.82) is 0 Å². The van der Waals surface area contributed by atoms with Crippen LogP contribution in [-0.2, 0) is 27.7 Å². The second-order valence-corrected chi connectivity index (χ2v) is 10.8. The zero-order valence-corrected chi connectivity index (χ0v) is 19.3. The lowest BCUT2D eigenvalue weighted by Gasteiger charge is -2.44. The van der Waals surface area contributed by atoms with Gasteiger partial charge in [-0.05, 0) is 62.4 Å². The topological polar surface area (TPSA) is 90.8 Å². The van der Waals surface area contributed by atoms with E-state index in [4.69, 9.17) is 11.6 Å². The summed E-state index contributed by atoms with van der Waals surface area (Å²) in [6, 6.07) is 6.38. The van der Waals surface area contributed by atoms with Crippen LogP contribution in [0.4, 0.5) is 5.82 Å². The van der Waals surface area contributed by atoms with Gasteiger partial charge < -0.3 is 10.0 Å². The minimum Gasteiger partial charge on any atom is -0.481 e. The van der Waals surface area contributed by atoms with Crippen molar-refractivity contribution in [3.63, 3.8) is 0 Å². The van der Waals surface area contributed by atoms with Gasteiger partial charge in [-0.2, -0.15) is 4.31 Å². The Morgan fingerprint density at radius 3 is 2.48 bits per heavy atom. The summed E-state index contributed by atoms with van der Waals surface area (Å²) in [4.78, 5) is 18.2. The van der Waals surface area contributed by atoms with E-state index in [1.165, 1.54) is 0 Å². The summed E-state index contributed by atoms with van der Waals surface area (Å²) in [6.45, 7) is 6.64. The molecular formula is C22H26ClN3O4S. The monoisotopic (exact) mass is 463 g/mol. The van der Waals surface area contributed by atoms with E-state index in [2.05, 4.69) is 9.88 Å². The van der Waals surface area contributed by atoms with Crippen molar-refractivity contribution in [1.82, 2.24) is 9.29 Å². The van der Waals surface area contributed by atoms with E-state index in [9.17, 15) is 18.3 Å². The van der Waals surface area contributed by atoms with E-state index >= 15 is 0 Å². The summed E-state index contributed by atoms with van der Waals surface area (Å²) < 4.78 is 29.0. The fourth-order valence-corrected chi connectivity index (χ4v) is 7.01. The van der Waals surface area contributed by atoms with Gasteiger partial charge in [-0.1, -0.05) is 23.7 Å². The number of halogens is 1. The lowest BCUT2D eigenvalue weighted by molar-refractivity contribution is -0.141. The lowest BCUT2D eigenvalue weighted by Crippen LogP contribution is -2.58. The van der Waals surface area contributed by atoms with E-state index < -0.39 is 21.9 Å². The molecule has 1 aromatic carbocycles. The fourth-order valence-electron chi connectivity index (χ4n) is 4.78. The highest BCUT2D eigenvalue weighted by molar-refractivity contribution is 7.89. The van der Waals surface area contributed by atoms with E-state index in [0.29, 0.717) is 30.1 Å². The molecule has 1 aliphatic heterocycles. The molecular weight excluding hydrogens is 438 g/mol. The number of carbonyl (C=O) groups is 1. The SMILES string of the molecule is Cc1cnc(N2C[C@@H](C)N(S(=O)(=O)c3cccc4c3CC(C(=O)O)C4)[C@@H](C)C2)cc1Cl. The average molecular weight is 464 g/mol. The number of pyridine rings is 1. The summed E-state index contributed by atoms with van der Waals surface area (Å²) in [6.07, 6.45) is 2.34. The first kappa shape index (κ1) is 22.0. The minimum atomic E-state index is -3.79. The summed E-state index contributed by atoms with van der Waals surface area (Å²) in [5.74, 6) is -0.731. The zero-order valence-electron chi connectivity index (χ0n) is 17.7. The van der Waals surface area contributed by atoms with E-state index in [1.54, 1.807) is 22.6 Å². The molecule has 3 atom stereocenters. The number of aryl methyl sites for hydroxylation is 1. The van der Waals surface area contributed by atoms with Crippen LogP contribution in [0.3, 0.4) is 0 Å². The molecule has 1 aromatic heterocycles. The van der Waals surface area contributed by atoms with Gasteiger partial charge >= 0.3 is 5.97 Å². The maximum Gasteiger partial charge on any atom is 0.307 e. The van der Waals surface area contributed by atoms with Gasteiger partial charge in [0, 0.05) is 36.4 Å². The number of anilines is 1. The Morgan fingerprint density at radius 1 is 1.19 bits per heavy atom. The molecule has 1 N–H and O–H groups in total. The molecule has 2 heterocycles. The van der Waals surface area contributed by atoms with Crippen LogP contribution in [-0.4, -0.2) is 54.0 Å². The normalized spacial score (nSPS) is 24.3. The second-order valence-electron chi connectivity index (χ2n) is 8.57. The van der Waals surface area contributed by atoms with Crippen LogP contribution in [0.2, 0.25) is 5.02 Å². The first-order valence-electron chi connectivity index (χ1n) is 10.3. The van der Waals surface area contributed by atoms with Gasteiger partial charge in [0.15, 0.2) is 0 Å². The molecule has 4 rings (SSSR count). The number of hydrogen-bond acceptors (Lipinski definition) is 5. The van der Waals surface area contributed by atoms with Gasteiger partial charge in [-0.3, -0.25) is 4.79 Å². The number of carboxylic acids is 1. The van der Waals surface area contributed by atoms with Gasteiger partial charge in [0.25, 0.3) is 0 Å². The van der Waals surface area contributed by atoms with Crippen LogP contribution < -0.4 is 4.90 Å². The first-order chi connectivity index (χ1) is 14.6. The number of piperazine rings is 1. The number of carboxylic acid groups (broad SMARTS) is 1. The second kappa shape index (κ2) is 8.07. The van der Waals surface area contributed by atoms with Crippen molar-refractivity contribution in [3.05, 3.63) is 52.2 Å². The highest BCUT2D eigenvalue weighted by Crippen LogP contribution is 2.36. The number of aliphatic carboxylic acids is 1. The third-order valence-electron chi connectivity index (χ3n) is 6.24. The molecule has 0 spiro atoms. The Labute approximate surface area is 187 Å². The Hall–Kier alpha value is -2.16. The molecule has 0 saturated carbocycles. The van der Waals surface area contributed by atoms with Gasteiger partial charge in [0.1, 0.15) is 5.82 Å². The Morgan fingerprint density at radius 2 is 1.87 bits per heavy atom. The standard InChI is InChI=1S/C22H26ClN3O4S/c1-13-10-24-21(9-19(13)23)25-11-14(2)26(15(3)12-25)31(29,30)20-6-4-5-16-7-17(22(27)28)8-18(16)20/h4-6,9-10,14-15,17H,7-8,11-12H2,1-3H3,(H,27,28)/t14-,15+,17?. The molecule has 1 aliphatic carbocycles. The van der Waals surface area contributed by atoms with Gasteiger partial charge in [-0.15, -0.1) is 0 Å². The quantitative estimate of drug-likeness (QED) is 0.749. The first-order valence-corrected chi connectivity index (χ1v) is 12.2. The van der Waals surface area contributed by atoms with Crippen molar-refractivity contribution < 1.29 is 18.3 Å². The third-order valence-corrected chi connectivity index (χ3v) is 8.86. The number of sulfonamides is 1. The lowest BCUT2D eigenvalue weighted by atomic mass is 10.1. The summed E-state index contributed by atoms with van der Waals surface area (Å²) >= 11 is 6.26. The minimum absolute atomic E-state index is 0.234. The van der Waals surface area contributed by atoms with Gasteiger partial charge in [0.05, 0.1) is 10.8 Å². The zero-order chi connectivity index (χ0) is 22.5. The summed E-state index contributed by atoms with van der Waals surface area (Å²) in [5.41, 5.74) is 2.35. The molecule has 1 saturated heterocycles. The predicted octanol–water partition coefficient (Wildman–Crippen LogP) is 3.13. The Kier molecular flexibility index (Phi) is 5.74. The van der Waals surface area contributed by atoms with E-state index in [1.807, 2.05) is 32.9 Å². The summed E-state index contributed by atoms with van der Waals surface area (Å²) in [5, 5.41) is 10.0. The van der Waals surface area contributed by atoms with E-state index in [-0.39, 0.29) is 23.4 Å². The van der Waals surface area contributed by atoms with Crippen LogP contribution in [0.25, 0.3) is 0 Å². The fraction of sp³-hybridized carbons (Fsp3) is 0.455. The average Bonchev–Trinajstić information content (AvgIpc) is 3.14. The largest absolute Gasteiger partial charge is 0.481 e. The highest BCUT2D eigenvalue weighted by Gasteiger charge is 2.41. The van der Waals surface area contributed by atoms with Gasteiger partial charge in [0.2, 0.25) is 10.0 Å². The van der Waals surface area contributed by atoms with Crippen LogP contribution in [0, 0.1) is 12.8 Å². The smallest absolute Gasteiger partial charge is 0.307 e. The Bertz CT molecular complexity index is 1130. The maximum absolute atomic E-state index is 13.7. The number of fused-ring (bicyclic) bond motifs is 1. The molecule has 9 heteroatoms. The van der Waals surface area contributed by atoms with E-state index in [0.717, 1.165) is 16.9 Å². The molecule has 0 bridgehead atoms. The van der Waals surface area contributed by atoms with Crippen LogP contribution >= 0.6 is 11.6 Å². The number of nitrogens with zero attached hydrogens (tertiary/aromatic N) is 3. The molecule has 2 aliphatic rings. The molecule has 1 unspecified atom stereocenters. The molecule has 0 amide bonds. The van der Waals surface area contributed by atoms with Crippen molar-refractivity contribution >= 4 is 33.4 Å². The summed E-state index contributed by atoms with van der Waals surface area (Å²) in [7, 11) is -3.79. The van der Waals surface area contributed by atoms with Crippen molar-refractivity contribution in [3.8, 4) is 0 Å². The number of hydrogen-bond donors (Lipinski definition) is 1. The van der Waals surface area contributed by atoms with Crippen molar-refractivity contribution in [2.45, 2.75) is 50.6 Å². The molecule has 2 aromatic rings. The predicted molar refractivity (Wildman–Crippen MR) is 119 cm³/mol. The molecule has 31 heavy (non-hydrogen) atoms. The van der Waals surface area contributed by atoms with Crippen LogP contribution in [0.5, 0.6) is 0 Å². The van der Waals surface area contributed by atoms with Crippen LogP contribution in [0.1, 0.15) is 30.5 Å². The molecule has 0 radical (unpaired) electrons. The molecule has 1 fully saturated rings. The number of aromatic nitrogens is 1. The van der Waals surface area contributed by atoms with Crippen LogP contribution in [0.15, 0.2) is 35.4 Å². The van der Waals surface area contributed by atoms with Crippen molar-refractivity contribution in [2.24, 2.45) is 5.92 Å². The molecule has 7 nitrogen and oxygen atoms in total. The number of benzene rings is 1. The molecule has 166 valence electrons.